The third-order valence-corrected chi connectivity index (χ3v) is 4.28. The number of benzene rings is 2. The molecule has 27 heavy (non-hydrogen) atoms. The summed E-state index contributed by atoms with van der Waals surface area (Å²) in [6.07, 6.45) is -1.43. The molecule has 0 spiro atoms. The van der Waals surface area contributed by atoms with E-state index in [-0.39, 0.29) is 12.3 Å². The van der Waals surface area contributed by atoms with Crippen LogP contribution in [-0.2, 0) is 17.4 Å². The molecule has 3 rings (SSSR count). The molecule has 0 unspecified atom stereocenters. The molecular weight excluding hydrogens is 355 g/mol. The van der Waals surface area contributed by atoms with Crippen LogP contribution < -0.4 is 10.6 Å². The van der Waals surface area contributed by atoms with Crippen molar-refractivity contribution < 1.29 is 18.0 Å². The molecule has 7 heteroatoms. The van der Waals surface area contributed by atoms with Gasteiger partial charge >= 0.3 is 6.18 Å². The lowest BCUT2D eigenvalue weighted by Crippen LogP contribution is -2.27. The minimum Gasteiger partial charge on any atom is -0.385 e. The minimum atomic E-state index is -4.34. The molecule has 1 aromatic heterocycles. The van der Waals surface area contributed by atoms with Gasteiger partial charge in [0.25, 0.3) is 0 Å². The second-order valence-corrected chi connectivity index (χ2v) is 6.21. The van der Waals surface area contributed by atoms with Gasteiger partial charge in [0.2, 0.25) is 5.91 Å². The summed E-state index contributed by atoms with van der Waals surface area (Å²) in [5, 5.41) is 6.96. The quantitative estimate of drug-likeness (QED) is 0.575. The van der Waals surface area contributed by atoms with Gasteiger partial charge in [0.1, 0.15) is 0 Å². The van der Waals surface area contributed by atoms with Gasteiger partial charge in [0, 0.05) is 42.3 Å². The van der Waals surface area contributed by atoms with E-state index in [9.17, 15) is 18.0 Å². The second kappa shape index (κ2) is 8.16. The van der Waals surface area contributed by atoms with Crippen LogP contribution in [0.1, 0.15) is 17.5 Å². The number of aromatic nitrogens is 1. The van der Waals surface area contributed by atoms with Crippen molar-refractivity contribution in [1.29, 1.82) is 0 Å². The monoisotopic (exact) mass is 375 g/mol. The van der Waals surface area contributed by atoms with E-state index < -0.39 is 11.7 Å². The Morgan fingerprint density at radius 3 is 2.48 bits per heavy atom. The normalized spacial score (nSPS) is 11.5. The molecular formula is C20H20F3N3O. The van der Waals surface area contributed by atoms with Gasteiger partial charge in [-0.05, 0) is 42.3 Å². The van der Waals surface area contributed by atoms with Gasteiger partial charge < -0.3 is 15.6 Å². The van der Waals surface area contributed by atoms with Crippen LogP contribution in [0, 0.1) is 0 Å². The highest BCUT2D eigenvalue weighted by Crippen LogP contribution is 2.29. The Labute approximate surface area is 154 Å². The number of hydrogen-bond donors (Lipinski definition) is 3. The van der Waals surface area contributed by atoms with Gasteiger partial charge in [-0.15, -0.1) is 0 Å². The fraction of sp³-hybridized carbons (Fsp3) is 0.250. The first-order valence-electron chi connectivity index (χ1n) is 8.66. The van der Waals surface area contributed by atoms with E-state index >= 15 is 0 Å². The van der Waals surface area contributed by atoms with Crippen molar-refractivity contribution in [1.82, 2.24) is 10.3 Å². The minimum absolute atomic E-state index is 0.103. The highest BCUT2D eigenvalue weighted by atomic mass is 19.4. The number of carbonyl (C=O) groups excluding carboxylic acids is 1. The highest BCUT2D eigenvalue weighted by molar-refractivity contribution is 5.83. The van der Waals surface area contributed by atoms with Crippen molar-refractivity contribution >= 4 is 22.5 Å². The van der Waals surface area contributed by atoms with E-state index in [0.29, 0.717) is 18.8 Å². The van der Waals surface area contributed by atoms with Crippen LogP contribution in [0.2, 0.25) is 0 Å². The molecule has 0 bridgehead atoms. The standard InChI is InChI=1S/C20H20F3N3O/c21-20(22,23)15-5-7-16(8-6-15)24-12-10-19(27)25-11-9-14-13-26-18-4-2-1-3-17(14)18/h1-8,13,24,26H,9-12H2,(H,25,27). The number of alkyl halides is 3. The first-order valence-corrected chi connectivity index (χ1v) is 8.66. The lowest BCUT2D eigenvalue weighted by Gasteiger charge is -2.10. The van der Waals surface area contributed by atoms with Gasteiger partial charge in [-0.2, -0.15) is 13.2 Å². The summed E-state index contributed by atoms with van der Waals surface area (Å²) in [6, 6.07) is 12.7. The van der Waals surface area contributed by atoms with Crippen molar-refractivity contribution in [3.63, 3.8) is 0 Å². The van der Waals surface area contributed by atoms with E-state index in [0.717, 1.165) is 35.0 Å². The Morgan fingerprint density at radius 1 is 1.00 bits per heavy atom. The van der Waals surface area contributed by atoms with Crippen molar-refractivity contribution in [2.45, 2.75) is 19.0 Å². The molecule has 142 valence electrons. The third-order valence-electron chi connectivity index (χ3n) is 4.28. The van der Waals surface area contributed by atoms with E-state index in [1.54, 1.807) is 0 Å². The van der Waals surface area contributed by atoms with Crippen LogP contribution in [0.5, 0.6) is 0 Å². The number of H-pyrrole nitrogens is 1. The number of hydrogen-bond acceptors (Lipinski definition) is 2. The number of anilines is 1. The molecule has 0 aliphatic carbocycles. The molecule has 0 aliphatic heterocycles. The summed E-state index contributed by atoms with van der Waals surface area (Å²) in [4.78, 5) is 15.1. The van der Waals surface area contributed by atoms with E-state index in [1.807, 2.05) is 30.5 Å². The molecule has 0 radical (unpaired) electrons. The summed E-state index contributed by atoms with van der Waals surface area (Å²) >= 11 is 0. The Kier molecular flexibility index (Phi) is 5.69. The number of halogens is 3. The van der Waals surface area contributed by atoms with Crippen molar-refractivity contribution in [2.75, 3.05) is 18.4 Å². The first-order chi connectivity index (χ1) is 12.9. The number of nitrogens with one attached hydrogen (secondary N) is 3. The smallest absolute Gasteiger partial charge is 0.385 e. The van der Waals surface area contributed by atoms with E-state index in [1.165, 1.54) is 12.1 Å². The predicted octanol–water partition coefficient (Wildman–Crippen LogP) is 4.35. The Balaban J connectivity index is 1.38. The summed E-state index contributed by atoms with van der Waals surface area (Å²) in [7, 11) is 0. The molecule has 0 aliphatic rings. The average Bonchev–Trinajstić information content (AvgIpc) is 3.05. The molecule has 4 nitrogen and oxygen atoms in total. The van der Waals surface area contributed by atoms with Crippen LogP contribution >= 0.6 is 0 Å². The maximum atomic E-state index is 12.5. The lowest BCUT2D eigenvalue weighted by molar-refractivity contribution is -0.137. The topological polar surface area (TPSA) is 56.9 Å². The number of carbonyl (C=O) groups is 1. The maximum Gasteiger partial charge on any atom is 0.416 e. The number of para-hydroxylation sites is 1. The highest BCUT2D eigenvalue weighted by Gasteiger charge is 2.29. The summed E-state index contributed by atoms with van der Waals surface area (Å²) in [5.41, 5.74) is 2.08. The van der Waals surface area contributed by atoms with Crippen LogP contribution in [0.15, 0.2) is 54.7 Å². The molecule has 0 fully saturated rings. The fourth-order valence-corrected chi connectivity index (χ4v) is 2.86. The molecule has 3 aromatic rings. The Hall–Kier alpha value is -2.96. The number of amides is 1. The zero-order chi connectivity index (χ0) is 19.3. The second-order valence-electron chi connectivity index (χ2n) is 6.21. The zero-order valence-corrected chi connectivity index (χ0v) is 14.6. The number of aromatic amines is 1. The van der Waals surface area contributed by atoms with Crippen molar-refractivity contribution in [3.8, 4) is 0 Å². The third kappa shape index (κ3) is 5.03. The van der Waals surface area contributed by atoms with Crippen LogP contribution in [-0.4, -0.2) is 24.0 Å². The van der Waals surface area contributed by atoms with Gasteiger partial charge in [0.15, 0.2) is 0 Å². The van der Waals surface area contributed by atoms with Gasteiger partial charge in [0.05, 0.1) is 5.56 Å². The first kappa shape index (κ1) is 18.8. The number of fused-ring (bicyclic) bond motifs is 1. The largest absolute Gasteiger partial charge is 0.416 e. The fourth-order valence-electron chi connectivity index (χ4n) is 2.86. The van der Waals surface area contributed by atoms with Crippen LogP contribution in [0.4, 0.5) is 18.9 Å². The summed E-state index contributed by atoms with van der Waals surface area (Å²) < 4.78 is 37.5. The molecule has 0 saturated carbocycles. The van der Waals surface area contributed by atoms with Crippen LogP contribution in [0.3, 0.4) is 0 Å². The molecule has 1 amide bonds. The van der Waals surface area contributed by atoms with Gasteiger partial charge in [-0.3, -0.25) is 4.79 Å². The summed E-state index contributed by atoms with van der Waals surface area (Å²) in [5.74, 6) is -0.103. The van der Waals surface area contributed by atoms with Crippen LogP contribution in [0.25, 0.3) is 10.9 Å². The molecule has 0 saturated heterocycles. The SMILES string of the molecule is O=C(CCNc1ccc(C(F)(F)F)cc1)NCCc1c[nH]c2ccccc12. The van der Waals surface area contributed by atoms with Crippen molar-refractivity contribution in [2.24, 2.45) is 0 Å². The predicted molar refractivity (Wildman–Crippen MR) is 99.6 cm³/mol. The Morgan fingerprint density at radius 2 is 1.74 bits per heavy atom. The summed E-state index contributed by atoms with van der Waals surface area (Å²) in [6.45, 7) is 0.880. The van der Waals surface area contributed by atoms with Crippen molar-refractivity contribution in [3.05, 3.63) is 65.9 Å². The lowest BCUT2D eigenvalue weighted by atomic mass is 10.1. The maximum absolute atomic E-state index is 12.5. The molecule has 3 N–H and O–H groups in total. The zero-order valence-electron chi connectivity index (χ0n) is 14.6. The molecule has 1 heterocycles. The Bertz CT molecular complexity index is 901. The number of rotatable bonds is 7. The van der Waals surface area contributed by atoms with Gasteiger partial charge in [-0.25, -0.2) is 0 Å². The van der Waals surface area contributed by atoms with E-state index in [2.05, 4.69) is 15.6 Å². The molecule has 2 aromatic carbocycles. The van der Waals surface area contributed by atoms with Gasteiger partial charge in [-0.1, -0.05) is 18.2 Å². The average molecular weight is 375 g/mol. The molecule has 0 atom stereocenters. The van der Waals surface area contributed by atoms with E-state index in [4.69, 9.17) is 0 Å².